The number of fused-ring (bicyclic) bond motifs is 1. The van der Waals surface area contributed by atoms with Crippen molar-refractivity contribution in [1.29, 1.82) is 0 Å². The van der Waals surface area contributed by atoms with E-state index in [2.05, 4.69) is 0 Å². The van der Waals surface area contributed by atoms with Crippen LogP contribution in [-0.2, 0) is 9.84 Å². The zero-order valence-electron chi connectivity index (χ0n) is 10.7. The van der Waals surface area contributed by atoms with Crippen LogP contribution in [0.2, 0.25) is 0 Å². The first-order valence-corrected chi connectivity index (χ1v) is 7.58. The summed E-state index contributed by atoms with van der Waals surface area (Å²) in [5, 5.41) is 1.81. The highest BCUT2D eigenvalue weighted by atomic mass is 32.2. The number of aryl methyl sites for hydroxylation is 1. The van der Waals surface area contributed by atoms with E-state index in [-0.39, 0.29) is 0 Å². The molecular formula is C14H18O2S. The zero-order valence-corrected chi connectivity index (χ0v) is 11.5. The predicted molar refractivity (Wildman–Crippen MR) is 73.1 cm³/mol. The second kappa shape index (κ2) is 5.32. The van der Waals surface area contributed by atoms with Gasteiger partial charge in [-0.3, -0.25) is 0 Å². The molecule has 17 heavy (non-hydrogen) atoms. The van der Waals surface area contributed by atoms with Crippen LogP contribution in [0.3, 0.4) is 0 Å². The highest BCUT2D eigenvalue weighted by Gasteiger charge is 2.12. The van der Waals surface area contributed by atoms with Gasteiger partial charge in [-0.15, -0.1) is 0 Å². The van der Waals surface area contributed by atoms with E-state index in [4.69, 9.17) is 0 Å². The molecule has 0 atom stereocenters. The maximum absolute atomic E-state index is 11.6. The molecule has 0 unspecified atom stereocenters. The molecule has 0 saturated carbocycles. The van der Waals surface area contributed by atoms with E-state index in [1.54, 1.807) is 12.1 Å². The maximum Gasteiger partial charge on any atom is 0.176 e. The Kier molecular flexibility index (Phi) is 4.29. The van der Waals surface area contributed by atoms with E-state index in [0.29, 0.717) is 4.90 Å². The van der Waals surface area contributed by atoms with E-state index < -0.39 is 9.84 Å². The molecule has 2 rings (SSSR count). The molecule has 2 aromatic rings. The van der Waals surface area contributed by atoms with Crippen molar-refractivity contribution in [2.24, 2.45) is 0 Å². The molecule has 0 aromatic heterocycles. The minimum Gasteiger partial charge on any atom is -0.224 e. The van der Waals surface area contributed by atoms with Gasteiger partial charge in [0.25, 0.3) is 0 Å². The molecule has 92 valence electrons. The van der Waals surface area contributed by atoms with Crippen molar-refractivity contribution >= 4 is 20.6 Å². The number of benzene rings is 2. The third-order valence-corrected chi connectivity index (χ3v) is 3.61. The Morgan fingerprint density at radius 2 is 1.47 bits per heavy atom. The van der Waals surface area contributed by atoms with Crippen molar-refractivity contribution in [2.45, 2.75) is 25.7 Å². The van der Waals surface area contributed by atoms with Crippen molar-refractivity contribution in [3.05, 3.63) is 42.0 Å². The average molecular weight is 250 g/mol. The summed E-state index contributed by atoms with van der Waals surface area (Å²) in [6, 6.07) is 11.2. The quantitative estimate of drug-likeness (QED) is 0.775. The lowest BCUT2D eigenvalue weighted by Crippen LogP contribution is -1.98. The summed E-state index contributed by atoms with van der Waals surface area (Å²) in [6.07, 6.45) is 1.24. The Bertz CT molecular complexity index is 608. The lowest BCUT2D eigenvalue weighted by molar-refractivity contribution is 0.602. The molecule has 0 aliphatic rings. The average Bonchev–Trinajstić information content (AvgIpc) is 2.30. The fourth-order valence-electron chi connectivity index (χ4n) is 1.80. The maximum atomic E-state index is 11.6. The molecule has 0 aliphatic heterocycles. The number of sulfone groups is 1. The van der Waals surface area contributed by atoms with Gasteiger partial charge in [0.05, 0.1) is 4.90 Å². The minimum atomic E-state index is -3.15. The molecule has 0 spiro atoms. The van der Waals surface area contributed by atoms with Crippen LogP contribution >= 0.6 is 0 Å². The van der Waals surface area contributed by atoms with E-state index in [0.717, 1.165) is 16.3 Å². The Hall–Kier alpha value is -1.35. The first-order valence-electron chi connectivity index (χ1n) is 5.68. The van der Waals surface area contributed by atoms with E-state index in [9.17, 15) is 8.42 Å². The van der Waals surface area contributed by atoms with Gasteiger partial charge in [-0.05, 0) is 23.9 Å². The van der Waals surface area contributed by atoms with Gasteiger partial charge in [0, 0.05) is 11.6 Å². The van der Waals surface area contributed by atoms with Gasteiger partial charge in [0.15, 0.2) is 9.84 Å². The van der Waals surface area contributed by atoms with E-state index in [1.807, 2.05) is 45.0 Å². The van der Waals surface area contributed by atoms with Gasteiger partial charge < -0.3 is 0 Å². The molecule has 0 aliphatic carbocycles. The highest BCUT2D eigenvalue weighted by Crippen LogP contribution is 2.25. The summed E-state index contributed by atoms with van der Waals surface area (Å²) in [6.45, 7) is 5.93. The monoisotopic (exact) mass is 250 g/mol. The van der Waals surface area contributed by atoms with Crippen LogP contribution in [0.1, 0.15) is 19.4 Å². The molecule has 0 fully saturated rings. The van der Waals surface area contributed by atoms with Crippen LogP contribution in [0, 0.1) is 6.92 Å². The molecule has 2 aromatic carbocycles. The molecule has 0 bridgehead atoms. The minimum absolute atomic E-state index is 0.415. The summed E-state index contributed by atoms with van der Waals surface area (Å²) in [5.74, 6) is 0. The topological polar surface area (TPSA) is 34.1 Å². The fourth-order valence-corrected chi connectivity index (χ4v) is 2.77. The Labute approximate surface area is 103 Å². The third kappa shape index (κ3) is 2.86. The van der Waals surface area contributed by atoms with Gasteiger partial charge in [0.2, 0.25) is 0 Å². The van der Waals surface area contributed by atoms with Gasteiger partial charge in [-0.2, -0.15) is 0 Å². The molecule has 0 amide bonds. The summed E-state index contributed by atoms with van der Waals surface area (Å²) >= 11 is 0. The van der Waals surface area contributed by atoms with Crippen LogP contribution in [-0.4, -0.2) is 14.7 Å². The standard InChI is InChI=1S/C12H12O2S.C2H6/c1-9-5-3-6-10-7-4-8-11(12(9)10)15(2,13)14;1-2/h3-8H,1-2H3;1-2H3. The number of rotatable bonds is 1. The Morgan fingerprint density at radius 3 is 2.00 bits per heavy atom. The van der Waals surface area contributed by atoms with Crippen LogP contribution in [0.25, 0.3) is 10.8 Å². The Morgan fingerprint density at radius 1 is 0.941 bits per heavy atom. The summed E-state index contributed by atoms with van der Waals surface area (Å²) < 4.78 is 23.2. The first kappa shape index (κ1) is 13.7. The largest absolute Gasteiger partial charge is 0.224 e. The molecule has 0 N–H and O–H groups in total. The van der Waals surface area contributed by atoms with Crippen molar-refractivity contribution in [3.63, 3.8) is 0 Å². The number of hydrogen-bond acceptors (Lipinski definition) is 2. The van der Waals surface area contributed by atoms with Crippen LogP contribution in [0.4, 0.5) is 0 Å². The van der Waals surface area contributed by atoms with Gasteiger partial charge in [0.1, 0.15) is 0 Å². The first-order chi connectivity index (χ1) is 8.00. The summed E-state index contributed by atoms with van der Waals surface area (Å²) in [4.78, 5) is 0.415. The highest BCUT2D eigenvalue weighted by molar-refractivity contribution is 7.91. The fraction of sp³-hybridized carbons (Fsp3) is 0.286. The SMILES string of the molecule is CC.Cc1cccc2cccc(S(C)(=O)=O)c12. The molecule has 3 heteroatoms. The molecule has 0 saturated heterocycles. The number of hydrogen-bond donors (Lipinski definition) is 0. The van der Waals surface area contributed by atoms with Crippen LogP contribution < -0.4 is 0 Å². The van der Waals surface area contributed by atoms with E-state index >= 15 is 0 Å². The van der Waals surface area contributed by atoms with Crippen molar-refractivity contribution in [1.82, 2.24) is 0 Å². The van der Waals surface area contributed by atoms with Crippen molar-refractivity contribution in [2.75, 3.05) is 6.26 Å². The summed E-state index contributed by atoms with van der Waals surface area (Å²) in [7, 11) is -3.15. The van der Waals surface area contributed by atoms with Crippen LogP contribution in [0.15, 0.2) is 41.3 Å². The second-order valence-electron chi connectivity index (χ2n) is 3.70. The van der Waals surface area contributed by atoms with Gasteiger partial charge in [-0.1, -0.05) is 44.2 Å². The van der Waals surface area contributed by atoms with E-state index in [1.165, 1.54) is 6.26 Å². The lowest BCUT2D eigenvalue weighted by Gasteiger charge is -2.06. The molecular weight excluding hydrogens is 232 g/mol. The third-order valence-electron chi connectivity index (χ3n) is 2.47. The normalized spacial score (nSPS) is 10.8. The smallest absolute Gasteiger partial charge is 0.176 e. The lowest BCUT2D eigenvalue weighted by atomic mass is 10.1. The van der Waals surface area contributed by atoms with Gasteiger partial charge >= 0.3 is 0 Å². The second-order valence-corrected chi connectivity index (χ2v) is 5.69. The van der Waals surface area contributed by atoms with Crippen molar-refractivity contribution < 1.29 is 8.42 Å². The van der Waals surface area contributed by atoms with Crippen molar-refractivity contribution in [3.8, 4) is 0 Å². The van der Waals surface area contributed by atoms with Gasteiger partial charge in [-0.25, -0.2) is 8.42 Å². The summed E-state index contributed by atoms with van der Waals surface area (Å²) in [5.41, 5.74) is 0.994. The Balaban J connectivity index is 0.000000686. The van der Waals surface area contributed by atoms with Crippen LogP contribution in [0.5, 0.6) is 0 Å². The molecule has 0 heterocycles. The molecule has 2 nitrogen and oxygen atoms in total. The predicted octanol–water partition coefficient (Wildman–Crippen LogP) is 3.58. The zero-order chi connectivity index (χ0) is 13.1. The molecule has 0 radical (unpaired) electrons.